The van der Waals surface area contributed by atoms with Crippen LogP contribution in [0.4, 0.5) is 0 Å². The minimum Gasteiger partial charge on any atom is -0.355 e. The van der Waals surface area contributed by atoms with E-state index < -0.39 is 0 Å². The first-order chi connectivity index (χ1) is 9.47. The molecule has 1 saturated heterocycles. The van der Waals surface area contributed by atoms with Gasteiger partial charge in [-0.05, 0) is 37.1 Å². The molecule has 2 N–H and O–H groups in total. The van der Waals surface area contributed by atoms with Gasteiger partial charge in [-0.25, -0.2) is 0 Å². The Balaban J connectivity index is 1.86. The van der Waals surface area contributed by atoms with Gasteiger partial charge in [0.1, 0.15) is 0 Å². The van der Waals surface area contributed by atoms with Crippen LogP contribution in [0.1, 0.15) is 38.7 Å². The average molecular weight is 295 g/mol. The molecule has 1 fully saturated rings. The van der Waals surface area contributed by atoms with E-state index in [1.807, 2.05) is 18.2 Å². The summed E-state index contributed by atoms with van der Waals surface area (Å²) < 4.78 is 0. The van der Waals surface area contributed by atoms with Gasteiger partial charge < -0.3 is 10.6 Å². The molecule has 0 saturated carbocycles. The van der Waals surface area contributed by atoms with Crippen LogP contribution in [0.15, 0.2) is 24.3 Å². The predicted octanol–water partition coefficient (Wildman–Crippen LogP) is 2.88. The predicted molar refractivity (Wildman–Crippen MR) is 83.1 cm³/mol. The number of carbonyl (C=O) groups is 1. The monoisotopic (exact) mass is 294 g/mol. The first-order valence-corrected chi connectivity index (χ1v) is 7.61. The van der Waals surface area contributed by atoms with E-state index in [-0.39, 0.29) is 11.3 Å². The number of nitrogens with one attached hydrogen (secondary N) is 2. The van der Waals surface area contributed by atoms with Crippen LogP contribution < -0.4 is 10.6 Å². The van der Waals surface area contributed by atoms with E-state index >= 15 is 0 Å². The molecule has 0 aliphatic carbocycles. The Morgan fingerprint density at radius 3 is 2.95 bits per heavy atom. The van der Waals surface area contributed by atoms with Crippen molar-refractivity contribution in [2.45, 2.75) is 44.6 Å². The minimum atomic E-state index is -0.121. The maximum atomic E-state index is 12.0. The number of carbonyl (C=O) groups excluding carboxylic acids is 1. The van der Waals surface area contributed by atoms with Crippen molar-refractivity contribution in [1.82, 2.24) is 10.6 Å². The van der Waals surface area contributed by atoms with Crippen molar-refractivity contribution in [3.63, 3.8) is 0 Å². The van der Waals surface area contributed by atoms with Crippen molar-refractivity contribution >= 4 is 17.5 Å². The Bertz CT molecular complexity index is 467. The summed E-state index contributed by atoms with van der Waals surface area (Å²) in [6.45, 7) is 5.89. The average Bonchev–Trinajstić information content (AvgIpc) is 2.89. The summed E-state index contributed by atoms with van der Waals surface area (Å²) in [5.41, 5.74) is 1.02. The molecule has 1 atom stereocenters. The van der Waals surface area contributed by atoms with Crippen LogP contribution in [0.5, 0.6) is 0 Å². The van der Waals surface area contributed by atoms with Crippen LogP contribution in [0.2, 0.25) is 5.02 Å². The Kier molecular flexibility index (Phi) is 5.06. The van der Waals surface area contributed by atoms with Gasteiger partial charge in [-0.2, -0.15) is 0 Å². The lowest BCUT2D eigenvalue weighted by Crippen LogP contribution is -2.39. The zero-order chi connectivity index (χ0) is 14.6. The normalized spacial score (nSPS) is 19.1. The fourth-order valence-corrected chi connectivity index (χ4v) is 2.75. The fourth-order valence-electron chi connectivity index (χ4n) is 2.56. The zero-order valence-corrected chi connectivity index (χ0v) is 13.0. The number of halogens is 1. The molecule has 1 aliphatic heterocycles. The van der Waals surface area contributed by atoms with Crippen molar-refractivity contribution in [3.05, 3.63) is 34.9 Å². The lowest BCUT2D eigenvalue weighted by molar-refractivity contribution is -0.121. The zero-order valence-electron chi connectivity index (χ0n) is 12.2. The van der Waals surface area contributed by atoms with Gasteiger partial charge >= 0.3 is 0 Å². The minimum absolute atomic E-state index is 0.121. The van der Waals surface area contributed by atoms with Gasteiger partial charge in [0.05, 0.1) is 0 Å². The number of hydrogen-bond donors (Lipinski definition) is 2. The molecule has 1 heterocycles. The second-order valence-corrected chi connectivity index (χ2v) is 6.60. The van der Waals surface area contributed by atoms with E-state index in [0.717, 1.165) is 23.6 Å². The number of amides is 1. The number of benzene rings is 1. The second-order valence-electron chi connectivity index (χ2n) is 6.17. The highest BCUT2D eigenvalue weighted by molar-refractivity contribution is 6.30. The summed E-state index contributed by atoms with van der Waals surface area (Å²) in [4.78, 5) is 12.0. The molecule has 2 rings (SSSR count). The van der Waals surface area contributed by atoms with Gasteiger partial charge in [-0.3, -0.25) is 4.79 Å². The van der Waals surface area contributed by atoms with E-state index in [1.165, 1.54) is 6.42 Å². The summed E-state index contributed by atoms with van der Waals surface area (Å²) in [5.74, 6) is 0.125. The highest BCUT2D eigenvalue weighted by atomic mass is 35.5. The van der Waals surface area contributed by atoms with E-state index in [0.29, 0.717) is 19.0 Å². The molecule has 0 spiro atoms. The fraction of sp³-hybridized carbons (Fsp3) is 0.562. The van der Waals surface area contributed by atoms with Gasteiger partial charge in [-0.1, -0.05) is 37.6 Å². The molecule has 1 aromatic carbocycles. The topological polar surface area (TPSA) is 41.1 Å². The molecular weight excluding hydrogens is 272 g/mol. The Morgan fingerprint density at radius 2 is 2.30 bits per heavy atom. The van der Waals surface area contributed by atoms with Crippen molar-refractivity contribution in [1.29, 1.82) is 0 Å². The molecule has 1 amide bonds. The van der Waals surface area contributed by atoms with Crippen molar-refractivity contribution < 1.29 is 4.79 Å². The number of rotatable bonds is 5. The molecule has 1 unspecified atom stereocenters. The smallest absolute Gasteiger partial charge is 0.221 e. The maximum absolute atomic E-state index is 12.0. The van der Waals surface area contributed by atoms with Crippen LogP contribution in [0.3, 0.4) is 0 Å². The molecule has 20 heavy (non-hydrogen) atoms. The van der Waals surface area contributed by atoms with E-state index in [2.05, 4.69) is 30.5 Å². The Morgan fingerprint density at radius 1 is 1.50 bits per heavy atom. The molecule has 1 aliphatic rings. The molecule has 1 aromatic rings. The number of hydrogen-bond acceptors (Lipinski definition) is 2. The highest BCUT2D eigenvalue weighted by Gasteiger charge is 2.23. The quantitative estimate of drug-likeness (QED) is 0.877. The third-order valence-corrected chi connectivity index (χ3v) is 4.16. The molecule has 0 aromatic heterocycles. The Hall–Kier alpha value is -1.06. The van der Waals surface area contributed by atoms with Gasteiger partial charge in [0.25, 0.3) is 0 Å². The van der Waals surface area contributed by atoms with Gasteiger partial charge in [0.15, 0.2) is 0 Å². The largest absolute Gasteiger partial charge is 0.355 e. The third-order valence-electron chi connectivity index (χ3n) is 3.93. The third kappa shape index (κ3) is 4.22. The van der Waals surface area contributed by atoms with Crippen LogP contribution in [-0.2, 0) is 10.2 Å². The second kappa shape index (κ2) is 6.59. The molecule has 0 bridgehead atoms. The molecule has 0 radical (unpaired) electrons. The van der Waals surface area contributed by atoms with Crippen molar-refractivity contribution in [2.75, 3.05) is 13.1 Å². The highest BCUT2D eigenvalue weighted by Crippen LogP contribution is 2.24. The lowest BCUT2D eigenvalue weighted by Gasteiger charge is -2.26. The molecule has 110 valence electrons. The Labute approximate surface area is 126 Å². The van der Waals surface area contributed by atoms with Crippen LogP contribution in [-0.4, -0.2) is 25.0 Å². The summed E-state index contributed by atoms with van der Waals surface area (Å²) in [5, 5.41) is 7.12. The van der Waals surface area contributed by atoms with Crippen LogP contribution in [0.25, 0.3) is 0 Å². The van der Waals surface area contributed by atoms with Gasteiger partial charge in [0.2, 0.25) is 5.91 Å². The SMILES string of the molecule is CC(C)(CNC(=O)CC1CCCN1)c1cccc(Cl)c1. The standard InChI is InChI=1S/C16H23ClN2O/c1-16(2,12-5-3-6-13(17)9-12)11-19-15(20)10-14-7-4-8-18-14/h3,5-6,9,14,18H,4,7-8,10-11H2,1-2H3,(H,19,20). The molecule has 3 nitrogen and oxygen atoms in total. The van der Waals surface area contributed by atoms with E-state index in [4.69, 9.17) is 11.6 Å². The maximum Gasteiger partial charge on any atom is 0.221 e. The summed E-state index contributed by atoms with van der Waals surface area (Å²) in [6.07, 6.45) is 2.85. The first-order valence-electron chi connectivity index (χ1n) is 7.23. The summed E-state index contributed by atoms with van der Waals surface area (Å²) in [7, 11) is 0. The summed E-state index contributed by atoms with van der Waals surface area (Å²) >= 11 is 6.03. The molecule has 4 heteroatoms. The van der Waals surface area contributed by atoms with E-state index in [1.54, 1.807) is 0 Å². The van der Waals surface area contributed by atoms with Crippen LogP contribution in [0, 0.1) is 0 Å². The van der Waals surface area contributed by atoms with Crippen LogP contribution >= 0.6 is 11.6 Å². The van der Waals surface area contributed by atoms with Gasteiger partial charge in [-0.15, -0.1) is 0 Å². The summed E-state index contributed by atoms with van der Waals surface area (Å²) in [6, 6.07) is 8.18. The lowest BCUT2D eigenvalue weighted by atomic mass is 9.84. The van der Waals surface area contributed by atoms with Gasteiger partial charge in [0, 0.05) is 29.4 Å². The van der Waals surface area contributed by atoms with E-state index in [9.17, 15) is 4.79 Å². The first kappa shape index (κ1) is 15.3. The van der Waals surface area contributed by atoms with Crippen molar-refractivity contribution in [2.24, 2.45) is 0 Å². The molecular formula is C16H23ClN2O. The van der Waals surface area contributed by atoms with Crippen molar-refractivity contribution in [3.8, 4) is 0 Å².